The second-order valence-corrected chi connectivity index (χ2v) is 4.04. The molecule has 0 aromatic carbocycles. The minimum Gasteiger partial charge on any atom is -0.359 e. The minimum absolute atomic E-state index is 0.0950. The van der Waals surface area contributed by atoms with Crippen LogP contribution in [0.3, 0.4) is 0 Å². The van der Waals surface area contributed by atoms with Crippen LogP contribution in [0, 0.1) is 17.6 Å². The molecule has 0 bridgehead atoms. The maximum Gasteiger partial charge on any atom is 0.239 e. The van der Waals surface area contributed by atoms with E-state index in [0.717, 1.165) is 6.20 Å². The lowest BCUT2D eigenvalue weighted by molar-refractivity contribution is -0.119. The van der Waals surface area contributed by atoms with E-state index in [4.69, 9.17) is 0 Å². The molecule has 0 spiro atoms. The van der Waals surface area contributed by atoms with Crippen LogP contribution in [0.2, 0.25) is 0 Å². The van der Waals surface area contributed by atoms with E-state index < -0.39 is 11.6 Å². The monoisotopic (exact) mass is 243 g/mol. The second kappa shape index (κ2) is 6.12. The molecule has 0 aliphatic rings. The molecular weight excluding hydrogens is 228 g/mol. The largest absolute Gasteiger partial charge is 0.359 e. The fourth-order valence-corrected chi connectivity index (χ4v) is 1.09. The molecule has 1 aromatic rings. The van der Waals surface area contributed by atoms with Gasteiger partial charge in [0, 0.05) is 12.6 Å². The molecule has 1 rings (SSSR count). The van der Waals surface area contributed by atoms with Crippen LogP contribution in [0.5, 0.6) is 0 Å². The van der Waals surface area contributed by atoms with E-state index in [9.17, 15) is 13.6 Å². The van der Waals surface area contributed by atoms with Crippen molar-refractivity contribution in [3.05, 3.63) is 23.9 Å². The minimum atomic E-state index is -0.818. The molecule has 2 N–H and O–H groups in total. The first-order valence-corrected chi connectivity index (χ1v) is 5.30. The van der Waals surface area contributed by atoms with Crippen LogP contribution < -0.4 is 10.6 Å². The lowest BCUT2D eigenvalue weighted by Gasteiger charge is -2.09. The standard InChI is InChI=1S/C11H15F2N3O/c1-7(2)4-14-10(17)6-16-11-9(13)3-8(12)5-15-11/h3,5,7H,4,6H2,1-2H3,(H,14,17)(H,15,16). The van der Waals surface area contributed by atoms with Crippen LogP contribution in [-0.4, -0.2) is 24.0 Å². The van der Waals surface area contributed by atoms with Crippen LogP contribution in [0.4, 0.5) is 14.6 Å². The normalized spacial score (nSPS) is 10.4. The summed E-state index contributed by atoms with van der Waals surface area (Å²) < 4.78 is 25.7. The highest BCUT2D eigenvalue weighted by molar-refractivity contribution is 5.80. The van der Waals surface area contributed by atoms with Gasteiger partial charge in [-0.2, -0.15) is 0 Å². The molecule has 0 atom stereocenters. The van der Waals surface area contributed by atoms with Crippen LogP contribution >= 0.6 is 0 Å². The van der Waals surface area contributed by atoms with Gasteiger partial charge in [0.2, 0.25) is 5.91 Å². The first-order chi connectivity index (χ1) is 7.99. The fourth-order valence-electron chi connectivity index (χ4n) is 1.09. The summed E-state index contributed by atoms with van der Waals surface area (Å²) in [6.07, 6.45) is 0.886. The first kappa shape index (κ1) is 13.3. The van der Waals surface area contributed by atoms with Gasteiger partial charge in [0.1, 0.15) is 5.82 Å². The zero-order valence-corrected chi connectivity index (χ0v) is 9.76. The number of nitrogens with zero attached hydrogens (tertiary/aromatic N) is 1. The Bertz CT molecular complexity index is 396. The number of halogens is 2. The number of aromatic nitrogens is 1. The average Bonchev–Trinajstić information content (AvgIpc) is 2.25. The van der Waals surface area contributed by atoms with E-state index in [1.54, 1.807) is 0 Å². The number of amides is 1. The van der Waals surface area contributed by atoms with Crippen molar-refractivity contribution in [2.75, 3.05) is 18.4 Å². The number of anilines is 1. The third-order valence-corrected chi connectivity index (χ3v) is 1.93. The van der Waals surface area contributed by atoms with Gasteiger partial charge in [0.05, 0.1) is 12.7 Å². The van der Waals surface area contributed by atoms with E-state index in [0.29, 0.717) is 18.5 Å². The summed E-state index contributed by atoms with van der Waals surface area (Å²) in [5, 5.41) is 5.16. The van der Waals surface area contributed by atoms with Gasteiger partial charge in [-0.3, -0.25) is 4.79 Å². The molecule has 0 aliphatic heterocycles. The zero-order valence-electron chi connectivity index (χ0n) is 9.76. The molecule has 17 heavy (non-hydrogen) atoms. The summed E-state index contributed by atoms with van der Waals surface area (Å²) in [7, 11) is 0. The molecule has 0 unspecified atom stereocenters. The molecule has 94 valence electrons. The van der Waals surface area contributed by atoms with Crippen molar-refractivity contribution < 1.29 is 13.6 Å². The highest BCUT2D eigenvalue weighted by Crippen LogP contribution is 2.10. The van der Waals surface area contributed by atoms with E-state index in [-0.39, 0.29) is 18.3 Å². The summed E-state index contributed by atoms with van der Waals surface area (Å²) in [6, 6.07) is 0.710. The number of carbonyl (C=O) groups excluding carboxylic acids is 1. The van der Waals surface area contributed by atoms with Gasteiger partial charge in [0.15, 0.2) is 11.6 Å². The quantitative estimate of drug-likeness (QED) is 0.824. The Kier molecular flexibility index (Phi) is 4.81. The van der Waals surface area contributed by atoms with Gasteiger partial charge < -0.3 is 10.6 Å². The molecule has 0 saturated heterocycles. The maximum atomic E-state index is 13.1. The van der Waals surface area contributed by atoms with E-state index >= 15 is 0 Å². The SMILES string of the molecule is CC(C)CNC(=O)CNc1ncc(F)cc1F. The van der Waals surface area contributed by atoms with Crippen molar-refractivity contribution in [3.63, 3.8) is 0 Å². The molecule has 0 saturated carbocycles. The molecule has 4 nitrogen and oxygen atoms in total. The van der Waals surface area contributed by atoms with Gasteiger partial charge in [-0.25, -0.2) is 13.8 Å². The zero-order chi connectivity index (χ0) is 12.8. The topological polar surface area (TPSA) is 54.0 Å². The molecule has 1 amide bonds. The third kappa shape index (κ3) is 4.76. The van der Waals surface area contributed by atoms with Gasteiger partial charge in [-0.1, -0.05) is 13.8 Å². The summed E-state index contributed by atoms with van der Waals surface area (Å²) in [5.74, 6) is -1.62. The van der Waals surface area contributed by atoms with Crippen LogP contribution in [-0.2, 0) is 4.79 Å². The van der Waals surface area contributed by atoms with E-state index in [1.807, 2.05) is 13.8 Å². The van der Waals surface area contributed by atoms with Crippen molar-refractivity contribution in [2.24, 2.45) is 5.92 Å². The Morgan fingerprint density at radius 1 is 1.47 bits per heavy atom. The van der Waals surface area contributed by atoms with Crippen molar-refractivity contribution in [3.8, 4) is 0 Å². The molecule has 1 aromatic heterocycles. The summed E-state index contributed by atoms with van der Waals surface area (Å²) in [4.78, 5) is 14.8. The molecule has 1 heterocycles. The molecular formula is C11H15F2N3O. The number of pyridine rings is 1. The highest BCUT2D eigenvalue weighted by atomic mass is 19.1. The predicted octanol–water partition coefficient (Wildman–Crippen LogP) is 1.54. The number of carbonyl (C=O) groups is 1. The maximum absolute atomic E-state index is 13.1. The van der Waals surface area contributed by atoms with E-state index in [2.05, 4.69) is 15.6 Å². The Morgan fingerprint density at radius 2 is 2.18 bits per heavy atom. The molecule has 0 radical (unpaired) electrons. The van der Waals surface area contributed by atoms with Crippen molar-refractivity contribution >= 4 is 11.7 Å². The smallest absolute Gasteiger partial charge is 0.239 e. The number of nitrogens with one attached hydrogen (secondary N) is 2. The average molecular weight is 243 g/mol. The van der Waals surface area contributed by atoms with Crippen molar-refractivity contribution in [1.29, 1.82) is 0 Å². The molecule has 0 fully saturated rings. The Labute approximate surface area is 98.4 Å². The Hall–Kier alpha value is -1.72. The molecule has 0 aliphatic carbocycles. The van der Waals surface area contributed by atoms with Gasteiger partial charge in [-0.15, -0.1) is 0 Å². The summed E-state index contributed by atoms with van der Waals surface area (Å²) in [5.41, 5.74) is 0. The number of rotatable bonds is 5. The van der Waals surface area contributed by atoms with Gasteiger partial charge in [0.25, 0.3) is 0 Å². The predicted molar refractivity (Wildman–Crippen MR) is 60.5 cm³/mol. The van der Waals surface area contributed by atoms with Crippen molar-refractivity contribution in [1.82, 2.24) is 10.3 Å². The third-order valence-electron chi connectivity index (χ3n) is 1.93. The number of hydrogen-bond acceptors (Lipinski definition) is 3. The lowest BCUT2D eigenvalue weighted by atomic mass is 10.2. The summed E-state index contributed by atoms with van der Waals surface area (Å²) >= 11 is 0. The Morgan fingerprint density at radius 3 is 2.76 bits per heavy atom. The van der Waals surface area contributed by atoms with Crippen LogP contribution in [0.1, 0.15) is 13.8 Å². The summed E-state index contributed by atoms with van der Waals surface area (Å²) in [6.45, 7) is 4.39. The Balaban J connectivity index is 2.42. The van der Waals surface area contributed by atoms with Gasteiger partial charge >= 0.3 is 0 Å². The molecule has 6 heteroatoms. The highest BCUT2D eigenvalue weighted by Gasteiger charge is 2.07. The van der Waals surface area contributed by atoms with Gasteiger partial charge in [-0.05, 0) is 5.92 Å². The van der Waals surface area contributed by atoms with Crippen LogP contribution in [0.25, 0.3) is 0 Å². The lowest BCUT2D eigenvalue weighted by Crippen LogP contribution is -2.32. The second-order valence-electron chi connectivity index (χ2n) is 4.04. The van der Waals surface area contributed by atoms with E-state index in [1.165, 1.54) is 0 Å². The fraction of sp³-hybridized carbons (Fsp3) is 0.455. The van der Waals surface area contributed by atoms with Crippen LogP contribution in [0.15, 0.2) is 12.3 Å². The number of hydrogen-bond donors (Lipinski definition) is 2. The first-order valence-electron chi connectivity index (χ1n) is 5.30. The van der Waals surface area contributed by atoms with Crippen molar-refractivity contribution in [2.45, 2.75) is 13.8 Å².